The Hall–Kier alpha value is -1.62. The normalized spacial score (nSPS) is 12.1. The summed E-state index contributed by atoms with van der Waals surface area (Å²) < 4.78 is 14.1. The average Bonchev–Trinajstić information content (AvgIpc) is 2.37. The van der Waals surface area contributed by atoms with Crippen molar-refractivity contribution in [2.45, 2.75) is 26.4 Å². The molecular formula is C14H21FN2O2. The molecule has 0 heterocycles. The Kier molecular flexibility index (Phi) is 5.76. The SMILES string of the molecule is CCCN(CC(=O)NC)c1c(F)cccc1[C@@H](C)O. The summed E-state index contributed by atoms with van der Waals surface area (Å²) >= 11 is 0. The summed E-state index contributed by atoms with van der Waals surface area (Å²) in [7, 11) is 1.55. The number of nitrogens with zero attached hydrogens (tertiary/aromatic N) is 1. The van der Waals surface area contributed by atoms with Crippen LogP contribution >= 0.6 is 0 Å². The zero-order valence-corrected chi connectivity index (χ0v) is 11.6. The van der Waals surface area contributed by atoms with Gasteiger partial charge in [-0.1, -0.05) is 19.1 Å². The number of halogens is 1. The van der Waals surface area contributed by atoms with Crippen LogP contribution in [-0.4, -0.2) is 31.2 Å². The summed E-state index contributed by atoms with van der Waals surface area (Å²) in [6, 6.07) is 4.58. The minimum absolute atomic E-state index is 0.0744. The third kappa shape index (κ3) is 3.92. The topological polar surface area (TPSA) is 52.6 Å². The van der Waals surface area contributed by atoms with Crippen LogP contribution in [0.1, 0.15) is 31.9 Å². The van der Waals surface area contributed by atoms with E-state index in [0.717, 1.165) is 6.42 Å². The van der Waals surface area contributed by atoms with Gasteiger partial charge in [0.05, 0.1) is 18.3 Å². The van der Waals surface area contributed by atoms with E-state index in [1.54, 1.807) is 31.0 Å². The predicted molar refractivity (Wildman–Crippen MR) is 73.6 cm³/mol. The quantitative estimate of drug-likeness (QED) is 0.827. The Labute approximate surface area is 113 Å². The molecule has 1 amide bonds. The molecule has 0 unspecified atom stereocenters. The van der Waals surface area contributed by atoms with Crippen LogP contribution in [0.4, 0.5) is 10.1 Å². The van der Waals surface area contributed by atoms with Gasteiger partial charge in [-0.3, -0.25) is 4.79 Å². The molecule has 1 atom stereocenters. The first-order valence-corrected chi connectivity index (χ1v) is 6.43. The van der Waals surface area contributed by atoms with E-state index in [4.69, 9.17) is 0 Å². The summed E-state index contributed by atoms with van der Waals surface area (Å²) in [5.41, 5.74) is 0.806. The molecule has 19 heavy (non-hydrogen) atoms. The maximum absolute atomic E-state index is 14.1. The van der Waals surface area contributed by atoms with Crippen LogP contribution in [0, 0.1) is 5.82 Å². The van der Waals surface area contributed by atoms with E-state index >= 15 is 0 Å². The predicted octanol–water partition coefficient (Wildman–Crippen LogP) is 1.84. The molecule has 0 aromatic heterocycles. The van der Waals surface area contributed by atoms with Crippen LogP contribution < -0.4 is 10.2 Å². The number of hydrogen-bond donors (Lipinski definition) is 2. The fourth-order valence-corrected chi connectivity index (χ4v) is 2.00. The van der Waals surface area contributed by atoms with Crippen molar-refractivity contribution in [1.82, 2.24) is 5.32 Å². The largest absolute Gasteiger partial charge is 0.389 e. The standard InChI is InChI=1S/C14H21FN2O2/c1-4-8-17(9-13(19)16-3)14-11(10(2)18)6-5-7-12(14)15/h5-7,10,18H,4,8-9H2,1-3H3,(H,16,19)/t10-/m1/s1. The molecule has 5 heteroatoms. The number of benzene rings is 1. The summed E-state index contributed by atoms with van der Waals surface area (Å²) in [6.07, 6.45) is -0.000325. The first-order valence-electron chi connectivity index (χ1n) is 6.43. The number of hydrogen-bond acceptors (Lipinski definition) is 3. The van der Waals surface area contributed by atoms with E-state index in [-0.39, 0.29) is 12.5 Å². The second kappa shape index (κ2) is 7.09. The molecular weight excluding hydrogens is 247 g/mol. The Morgan fingerprint density at radius 2 is 2.21 bits per heavy atom. The lowest BCUT2D eigenvalue weighted by atomic mass is 10.1. The van der Waals surface area contributed by atoms with Crippen molar-refractivity contribution in [2.24, 2.45) is 0 Å². The summed E-state index contributed by atoms with van der Waals surface area (Å²) in [5.74, 6) is -0.607. The molecule has 0 spiro atoms. The summed E-state index contributed by atoms with van der Waals surface area (Å²) in [4.78, 5) is 13.2. The van der Waals surface area contributed by atoms with E-state index in [1.807, 2.05) is 6.92 Å². The van der Waals surface area contributed by atoms with Gasteiger partial charge in [-0.25, -0.2) is 4.39 Å². The number of aliphatic hydroxyl groups is 1. The lowest BCUT2D eigenvalue weighted by molar-refractivity contribution is -0.119. The first-order chi connectivity index (χ1) is 9.01. The van der Waals surface area contributed by atoms with Crippen LogP contribution in [0.5, 0.6) is 0 Å². The van der Waals surface area contributed by atoms with E-state index < -0.39 is 11.9 Å². The van der Waals surface area contributed by atoms with Crippen molar-refractivity contribution in [3.63, 3.8) is 0 Å². The molecule has 2 N–H and O–H groups in total. The first kappa shape index (κ1) is 15.4. The number of para-hydroxylation sites is 1. The molecule has 0 radical (unpaired) electrons. The van der Waals surface area contributed by atoms with Crippen LogP contribution in [0.2, 0.25) is 0 Å². The molecule has 1 aromatic rings. The van der Waals surface area contributed by atoms with Gasteiger partial charge >= 0.3 is 0 Å². The molecule has 0 fully saturated rings. The van der Waals surface area contributed by atoms with Gasteiger partial charge in [0.1, 0.15) is 5.82 Å². The van der Waals surface area contributed by atoms with Crippen LogP contribution in [0.25, 0.3) is 0 Å². The maximum atomic E-state index is 14.1. The van der Waals surface area contributed by atoms with Gasteiger partial charge in [-0.15, -0.1) is 0 Å². The van der Waals surface area contributed by atoms with Crippen molar-refractivity contribution in [1.29, 1.82) is 0 Å². The summed E-state index contributed by atoms with van der Waals surface area (Å²) in [6.45, 7) is 4.17. The number of amides is 1. The van der Waals surface area contributed by atoms with Gasteiger partial charge < -0.3 is 15.3 Å². The van der Waals surface area contributed by atoms with Gasteiger partial charge in [-0.05, 0) is 19.4 Å². The molecule has 0 saturated heterocycles. The molecule has 1 aromatic carbocycles. The van der Waals surface area contributed by atoms with E-state index in [1.165, 1.54) is 6.07 Å². The smallest absolute Gasteiger partial charge is 0.239 e. The second-order valence-corrected chi connectivity index (χ2v) is 4.45. The highest BCUT2D eigenvalue weighted by Crippen LogP contribution is 2.29. The van der Waals surface area contributed by atoms with E-state index in [9.17, 15) is 14.3 Å². The van der Waals surface area contributed by atoms with Gasteiger partial charge in [0.2, 0.25) is 5.91 Å². The summed E-state index contributed by atoms with van der Waals surface area (Å²) in [5, 5.41) is 12.3. The minimum atomic E-state index is -0.783. The van der Waals surface area contributed by atoms with Crippen LogP contribution in [0.3, 0.4) is 0 Å². The second-order valence-electron chi connectivity index (χ2n) is 4.45. The molecule has 0 aliphatic rings. The number of carbonyl (C=O) groups is 1. The zero-order valence-electron chi connectivity index (χ0n) is 11.6. The number of aliphatic hydroxyl groups excluding tert-OH is 1. The molecule has 0 bridgehead atoms. The zero-order chi connectivity index (χ0) is 14.4. The minimum Gasteiger partial charge on any atom is -0.389 e. The molecule has 106 valence electrons. The highest BCUT2D eigenvalue weighted by Gasteiger charge is 2.19. The number of anilines is 1. The number of likely N-dealkylation sites (N-methyl/N-ethyl adjacent to an activating group) is 1. The molecule has 4 nitrogen and oxygen atoms in total. The highest BCUT2D eigenvalue weighted by atomic mass is 19.1. The highest BCUT2D eigenvalue weighted by molar-refractivity contribution is 5.81. The lowest BCUT2D eigenvalue weighted by Crippen LogP contribution is -2.37. The number of carbonyl (C=O) groups excluding carboxylic acids is 1. The molecule has 0 saturated carbocycles. The van der Waals surface area contributed by atoms with Crippen molar-refractivity contribution in [3.8, 4) is 0 Å². The van der Waals surface area contributed by atoms with Gasteiger partial charge in [0.15, 0.2) is 0 Å². The molecule has 0 aliphatic carbocycles. The number of rotatable bonds is 6. The fraction of sp³-hybridized carbons (Fsp3) is 0.500. The Morgan fingerprint density at radius 1 is 1.53 bits per heavy atom. The van der Waals surface area contributed by atoms with Gasteiger partial charge in [0.25, 0.3) is 0 Å². The van der Waals surface area contributed by atoms with Crippen molar-refractivity contribution in [2.75, 3.05) is 25.0 Å². The van der Waals surface area contributed by atoms with Crippen molar-refractivity contribution in [3.05, 3.63) is 29.6 Å². The third-order valence-corrected chi connectivity index (χ3v) is 2.89. The van der Waals surface area contributed by atoms with E-state index in [0.29, 0.717) is 17.8 Å². The Morgan fingerprint density at radius 3 is 2.74 bits per heavy atom. The average molecular weight is 268 g/mol. The van der Waals surface area contributed by atoms with Crippen molar-refractivity contribution < 1.29 is 14.3 Å². The van der Waals surface area contributed by atoms with Gasteiger partial charge in [0, 0.05) is 19.2 Å². The Balaban J connectivity index is 3.17. The third-order valence-electron chi connectivity index (χ3n) is 2.89. The van der Waals surface area contributed by atoms with Gasteiger partial charge in [-0.2, -0.15) is 0 Å². The van der Waals surface area contributed by atoms with Crippen molar-refractivity contribution >= 4 is 11.6 Å². The number of nitrogens with one attached hydrogen (secondary N) is 1. The monoisotopic (exact) mass is 268 g/mol. The lowest BCUT2D eigenvalue weighted by Gasteiger charge is -2.27. The Bertz CT molecular complexity index is 435. The van der Waals surface area contributed by atoms with E-state index in [2.05, 4.69) is 5.32 Å². The van der Waals surface area contributed by atoms with Crippen LogP contribution in [-0.2, 0) is 4.79 Å². The fourth-order valence-electron chi connectivity index (χ4n) is 2.00. The maximum Gasteiger partial charge on any atom is 0.239 e. The molecule has 0 aliphatic heterocycles. The molecule has 1 rings (SSSR count). The van der Waals surface area contributed by atoms with Crippen LogP contribution in [0.15, 0.2) is 18.2 Å².